The Labute approximate surface area is 175 Å². The van der Waals surface area contributed by atoms with E-state index in [0.717, 1.165) is 6.26 Å². The Kier molecular flexibility index (Phi) is 6.42. The number of anilines is 2. The van der Waals surface area contributed by atoms with Crippen LogP contribution in [0.15, 0.2) is 24.4 Å². The van der Waals surface area contributed by atoms with Gasteiger partial charge in [0.05, 0.1) is 32.1 Å². The van der Waals surface area contributed by atoms with Gasteiger partial charge in [-0.1, -0.05) is 6.07 Å². The van der Waals surface area contributed by atoms with Crippen LogP contribution in [0.5, 0.6) is 11.5 Å². The third-order valence-corrected chi connectivity index (χ3v) is 6.08. The van der Waals surface area contributed by atoms with Crippen LogP contribution >= 0.6 is 0 Å². The Hall–Kier alpha value is -2.92. The highest BCUT2D eigenvalue weighted by atomic mass is 32.2. The van der Waals surface area contributed by atoms with Gasteiger partial charge in [0.1, 0.15) is 22.9 Å². The van der Waals surface area contributed by atoms with Crippen LogP contribution in [-0.4, -0.2) is 63.8 Å². The van der Waals surface area contributed by atoms with Gasteiger partial charge in [-0.3, -0.25) is 4.79 Å². The Morgan fingerprint density at radius 3 is 2.30 bits per heavy atom. The van der Waals surface area contributed by atoms with Crippen molar-refractivity contribution in [1.82, 2.24) is 15.3 Å². The summed E-state index contributed by atoms with van der Waals surface area (Å²) < 4.78 is 36.6. The number of benzene rings is 1. The first-order valence-electron chi connectivity index (χ1n) is 9.36. The second kappa shape index (κ2) is 8.84. The number of hydrogen-bond donors (Lipinski definition) is 2. The monoisotopic (exact) mass is 435 g/mol. The predicted molar refractivity (Wildman–Crippen MR) is 113 cm³/mol. The summed E-state index contributed by atoms with van der Waals surface area (Å²) >= 11 is 0. The van der Waals surface area contributed by atoms with E-state index in [4.69, 9.17) is 15.2 Å². The zero-order valence-electron chi connectivity index (χ0n) is 17.1. The van der Waals surface area contributed by atoms with Crippen LogP contribution < -0.4 is 24.8 Å². The molecule has 0 saturated carbocycles. The molecule has 11 heteroatoms. The van der Waals surface area contributed by atoms with E-state index < -0.39 is 15.8 Å². The van der Waals surface area contributed by atoms with Gasteiger partial charge in [0.15, 0.2) is 0 Å². The lowest BCUT2D eigenvalue weighted by atomic mass is 10.0. The van der Waals surface area contributed by atoms with Crippen molar-refractivity contribution in [2.24, 2.45) is 0 Å². The topological polar surface area (TPSA) is 137 Å². The van der Waals surface area contributed by atoms with Crippen molar-refractivity contribution in [2.75, 3.05) is 43.6 Å². The zero-order valence-corrected chi connectivity index (χ0v) is 17.9. The number of aromatic nitrogens is 2. The lowest BCUT2D eigenvalue weighted by molar-refractivity contribution is 0.103. The molecular weight excluding hydrogens is 410 g/mol. The summed E-state index contributed by atoms with van der Waals surface area (Å²) in [6.07, 6.45) is 3.59. The summed E-state index contributed by atoms with van der Waals surface area (Å²) in [7, 11) is -0.757. The van der Waals surface area contributed by atoms with Gasteiger partial charge < -0.3 is 20.5 Å². The molecule has 1 aliphatic heterocycles. The van der Waals surface area contributed by atoms with Gasteiger partial charge in [0.25, 0.3) is 0 Å². The standard InChI is InChI=1S/C19H25N5O5S/c1-28-14-5-4-6-15(29-2)16(14)17(25)13-11-22-19(23-18(13)20)24(30(3,26)27)12-7-9-21-10-8-12/h4-6,11-12,21H,7-10H2,1-3H3,(H2,20,22,23). The third-order valence-electron chi connectivity index (χ3n) is 4.90. The summed E-state index contributed by atoms with van der Waals surface area (Å²) in [5.41, 5.74) is 6.28. The molecule has 1 aromatic heterocycles. The quantitative estimate of drug-likeness (QED) is 0.606. The molecule has 3 N–H and O–H groups in total. The van der Waals surface area contributed by atoms with Crippen molar-refractivity contribution in [3.63, 3.8) is 0 Å². The van der Waals surface area contributed by atoms with Crippen molar-refractivity contribution >= 4 is 27.6 Å². The molecule has 0 atom stereocenters. The number of nitrogens with one attached hydrogen (secondary N) is 1. The van der Waals surface area contributed by atoms with Gasteiger partial charge in [-0.2, -0.15) is 4.98 Å². The summed E-state index contributed by atoms with van der Waals surface area (Å²) in [6.45, 7) is 1.38. The lowest BCUT2D eigenvalue weighted by Crippen LogP contribution is -2.46. The van der Waals surface area contributed by atoms with Gasteiger partial charge in [-0.15, -0.1) is 0 Å². The number of carbonyl (C=O) groups excluding carboxylic acids is 1. The first-order chi connectivity index (χ1) is 14.3. The molecule has 10 nitrogen and oxygen atoms in total. The van der Waals surface area contributed by atoms with Crippen LogP contribution in [0.1, 0.15) is 28.8 Å². The highest BCUT2D eigenvalue weighted by Crippen LogP contribution is 2.32. The van der Waals surface area contributed by atoms with Crippen molar-refractivity contribution in [3.8, 4) is 11.5 Å². The summed E-state index contributed by atoms with van der Waals surface area (Å²) in [6, 6.07) is 4.67. The molecule has 2 aromatic rings. The second-order valence-electron chi connectivity index (χ2n) is 6.88. The predicted octanol–water partition coefficient (Wildman–Crippen LogP) is 0.825. The minimum absolute atomic E-state index is 0.0281. The van der Waals surface area contributed by atoms with E-state index in [0.29, 0.717) is 37.4 Å². The number of carbonyl (C=O) groups is 1. The molecule has 0 bridgehead atoms. The van der Waals surface area contributed by atoms with Crippen LogP contribution in [0.3, 0.4) is 0 Å². The molecule has 0 amide bonds. The molecule has 0 unspecified atom stereocenters. The molecule has 30 heavy (non-hydrogen) atoms. The number of ether oxygens (including phenoxy) is 2. The van der Waals surface area contributed by atoms with E-state index >= 15 is 0 Å². The highest BCUT2D eigenvalue weighted by molar-refractivity contribution is 7.92. The summed E-state index contributed by atoms with van der Waals surface area (Å²) in [5, 5.41) is 3.19. The van der Waals surface area contributed by atoms with E-state index in [1.807, 2.05) is 0 Å². The first-order valence-corrected chi connectivity index (χ1v) is 11.2. The van der Waals surface area contributed by atoms with E-state index in [1.165, 1.54) is 24.7 Å². The fraction of sp³-hybridized carbons (Fsp3) is 0.421. The first kappa shape index (κ1) is 21.8. The van der Waals surface area contributed by atoms with Crippen LogP contribution in [-0.2, 0) is 10.0 Å². The molecule has 162 valence electrons. The molecule has 0 spiro atoms. The van der Waals surface area contributed by atoms with Gasteiger partial charge in [0.2, 0.25) is 21.8 Å². The van der Waals surface area contributed by atoms with Crippen molar-refractivity contribution in [3.05, 3.63) is 35.5 Å². The van der Waals surface area contributed by atoms with Crippen molar-refractivity contribution in [1.29, 1.82) is 0 Å². The molecule has 3 rings (SSSR count). The van der Waals surface area contributed by atoms with E-state index in [-0.39, 0.29) is 28.9 Å². The van der Waals surface area contributed by atoms with Crippen molar-refractivity contribution < 1.29 is 22.7 Å². The van der Waals surface area contributed by atoms with Gasteiger partial charge in [0, 0.05) is 6.20 Å². The van der Waals surface area contributed by atoms with E-state index in [9.17, 15) is 13.2 Å². The van der Waals surface area contributed by atoms with Gasteiger partial charge >= 0.3 is 0 Å². The maximum Gasteiger partial charge on any atom is 0.241 e. The largest absolute Gasteiger partial charge is 0.496 e. The number of nitrogens with zero attached hydrogens (tertiary/aromatic N) is 3. The Balaban J connectivity index is 2.02. The summed E-state index contributed by atoms with van der Waals surface area (Å²) in [5.74, 6) is -0.0299. The second-order valence-corrected chi connectivity index (χ2v) is 8.73. The van der Waals surface area contributed by atoms with Crippen LogP contribution in [0.2, 0.25) is 0 Å². The Bertz CT molecular complexity index is 1020. The van der Waals surface area contributed by atoms with Crippen LogP contribution in [0.25, 0.3) is 0 Å². The number of rotatable bonds is 7. The maximum absolute atomic E-state index is 13.1. The fourth-order valence-corrected chi connectivity index (χ4v) is 4.64. The number of hydrogen-bond acceptors (Lipinski definition) is 9. The molecule has 0 aliphatic carbocycles. The Morgan fingerprint density at radius 2 is 1.80 bits per heavy atom. The highest BCUT2D eigenvalue weighted by Gasteiger charge is 2.31. The average molecular weight is 436 g/mol. The number of methoxy groups -OCH3 is 2. The maximum atomic E-state index is 13.1. The normalized spacial score (nSPS) is 14.9. The zero-order chi connectivity index (χ0) is 21.9. The van der Waals surface area contributed by atoms with Gasteiger partial charge in [-0.05, 0) is 38.1 Å². The molecular formula is C19H25N5O5S. The number of nitrogen functional groups attached to an aromatic ring is 1. The molecule has 1 fully saturated rings. The van der Waals surface area contributed by atoms with Crippen molar-refractivity contribution in [2.45, 2.75) is 18.9 Å². The van der Waals surface area contributed by atoms with E-state index in [1.54, 1.807) is 18.2 Å². The van der Waals surface area contributed by atoms with Crippen LogP contribution in [0, 0.1) is 0 Å². The number of piperidine rings is 1. The smallest absolute Gasteiger partial charge is 0.241 e. The molecule has 2 heterocycles. The minimum Gasteiger partial charge on any atom is -0.496 e. The third kappa shape index (κ3) is 4.31. The fourth-order valence-electron chi connectivity index (χ4n) is 3.50. The Morgan fingerprint density at radius 1 is 1.20 bits per heavy atom. The SMILES string of the molecule is COc1cccc(OC)c1C(=O)c1cnc(N(C2CCNCC2)S(C)(=O)=O)nc1N. The van der Waals surface area contributed by atoms with E-state index in [2.05, 4.69) is 15.3 Å². The number of ketones is 1. The number of sulfonamides is 1. The van der Waals surface area contributed by atoms with Crippen LogP contribution in [0.4, 0.5) is 11.8 Å². The molecule has 1 saturated heterocycles. The average Bonchev–Trinajstić information content (AvgIpc) is 2.72. The lowest BCUT2D eigenvalue weighted by Gasteiger charge is -2.32. The molecule has 0 radical (unpaired) electrons. The molecule has 1 aliphatic rings. The van der Waals surface area contributed by atoms with Gasteiger partial charge in [-0.25, -0.2) is 17.7 Å². The minimum atomic E-state index is -3.64. The molecule has 1 aromatic carbocycles. The summed E-state index contributed by atoms with van der Waals surface area (Å²) in [4.78, 5) is 21.5. The number of nitrogens with two attached hydrogens (primary N) is 1.